The molecule has 1 aliphatic carbocycles. The summed E-state index contributed by atoms with van der Waals surface area (Å²) >= 11 is 0. The van der Waals surface area contributed by atoms with E-state index >= 15 is 0 Å². The van der Waals surface area contributed by atoms with Crippen LogP contribution in [0.1, 0.15) is 59.8 Å². The minimum Gasteiger partial charge on any atom is -0.374 e. The second-order valence-electron chi connectivity index (χ2n) is 5.66. The summed E-state index contributed by atoms with van der Waals surface area (Å²) < 4.78 is 5.90. The van der Waals surface area contributed by atoms with Crippen LogP contribution in [-0.4, -0.2) is 18.2 Å². The average molecular weight is 227 g/mol. The van der Waals surface area contributed by atoms with Gasteiger partial charge in [0.25, 0.3) is 0 Å². The molecule has 0 aromatic carbocycles. The Kier molecular flexibility index (Phi) is 5.26. The predicted octanol–water partition coefficient (Wildman–Crippen LogP) is 3.35. The van der Waals surface area contributed by atoms with Crippen LogP contribution in [0.4, 0.5) is 0 Å². The minimum atomic E-state index is -0.128. The van der Waals surface area contributed by atoms with Crippen molar-refractivity contribution in [3.8, 4) is 0 Å². The van der Waals surface area contributed by atoms with Gasteiger partial charge >= 0.3 is 0 Å². The molecule has 1 saturated carbocycles. The van der Waals surface area contributed by atoms with Gasteiger partial charge in [-0.15, -0.1) is 0 Å². The summed E-state index contributed by atoms with van der Waals surface area (Å²) in [4.78, 5) is 0. The quantitative estimate of drug-likeness (QED) is 0.781. The van der Waals surface area contributed by atoms with Gasteiger partial charge in [-0.1, -0.05) is 26.7 Å². The van der Waals surface area contributed by atoms with Gasteiger partial charge in [0.05, 0.1) is 5.60 Å². The number of hydrogen-bond donors (Lipinski definition) is 1. The van der Waals surface area contributed by atoms with Crippen LogP contribution < -0.4 is 5.73 Å². The summed E-state index contributed by atoms with van der Waals surface area (Å²) in [7, 11) is 0. The molecule has 2 nitrogen and oxygen atoms in total. The van der Waals surface area contributed by atoms with Gasteiger partial charge in [-0.05, 0) is 44.9 Å². The van der Waals surface area contributed by atoms with Crippen molar-refractivity contribution in [2.75, 3.05) is 6.61 Å². The summed E-state index contributed by atoms with van der Waals surface area (Å²) in [5.41, 5.74) is 6.33. The van der Waals surface area contributed by atoms with E-state index in [4.69, 9.17) is 10.5 Å². The molecule has 0 saturated heterocycles. The van der Waals surface area contributed by atoms with Crippen molar-refractivity contribution in [3.63, 3.8) is 0 Å². The Morgan fingerprint density at radius 2 is 2.06 bits per heavy atom. The van der Waals surface area contributed by atoms with Crippen molar-refractivity contribution in [3.05, 3.63) is 0 Å². The summed E-state index contributed by atoms with van der Waals surface area (Å²) in [6.45, 7) is 9.54. The van der Waals surface area contributed by atoms with Crippen molar-refractivity contribution in [1.29, 1.82) is 0 Å². The monoisotopic (exact) mass is 227 g/mol. The van der Waals surface area contributed by atoms with Gasteiger partial charge in [-0.3, -0.25) is 0 Å². The lowest BCUT2D eigenvalue weighted by Gasteiger charge is -2.41. The zero-order valence-electron chi connectivity index (χ0n) is 11.5. The van der Waals surface area contributed by atoms with E-state index in [0.717, 1.165) is 18.9 Å². The second kappa shape index (κ2) is 6.02. The molecule has 0 aliphatic heterocycles. The van der Waals surface area contributed by atoms with E-state index in [0.29, 0.717) is 5.92 Å². The van der Waals surface area contributed by atoms with Crippen LogP contribution >= 0.6 is 0 Å². The van der Waals surface area contributed by atoms with Crippen LogP contribution in [0.2, 0.25) is 0 Å². The maximum atomic E-state index is 6.46. The number of ether oxygens (including phenoxy) is 1. The zero-order valence-corrected chi connectivity index (χ0v) is 11.5. The third-order valence-electron chi connectivity index (χ3n) is 4.37. The lowest BCUT2D eigenvalue weighted by atomic mass is 9.73. The second-order valence-corrected chi connectivity index (χ2v) is 5.66. The van der Waals surface area contributed by atoms with Gasteiger partial charge in [-0.25, -0.2) is 0 Å². The van der Waals surface area contributed by atoms with Crippen molar-refractivity contribution in [1.82, 2.24) is 0 Å². The van der Waals surface area contributed by atoms with Gasteiger partial charge in [-0.2, -0.15) is 0 Å². The Morgan fingerprint density at radius 3 is 2.56 bits per heavy atom. The van der Waals surface area contributed by atoms with Gasteiger partial charge in [0.1, 0.15) is 0 Å². The first-order valence-corrected chi connectivity index (χ1v) is 6.93. The number of hydrogen-bond acceptors (Lipinski definition) is 2. The fourth-order valence-electron chi connectivity index (χ4n) is 3.07. The highest BCUT2D eigenvalue weighted by molar-refractivity contribution is 4.92. The Labute approximate surface area is 101 Å². The molecule has 1 rings (SSSR count). The average Bonchev–Trinajstić information content (AvgIpc) is 2.28. The first-order chi connectivity index (χ1) is 7.53. The van der Waals surface area contributed by atoms with E-state index in [9.17, 15) is 0 Å². The van der Waals surface area contributed by atoms with E-state index in [1.54, 1.807) is 0 Å². The predicted molar refractivity (Wildman–Crippen MR) is 69.4 cm³/mol. The van der Waals surface area contributed by atoms with Crippen LogP contribution in [0.5, 0.6) is 0 Å². The van der Waals surface area contributed by atoms with E-state index in [1.165, 1.54) is 25.7 Å². The molecule has 1 aliphatic rings. The standard InChI is InChI=1S/C14H29NO/c1-5-14(4,16-6-2)13(15)12-9-7-8-11(3)10-12/h11-13H,5-10,15H2,1-4H3. The molecular formula is C14H29NO. The molecule has 4 atom stereocenters. The molecule has 16 heavy (non-hydrogen) atoms. The highest BCUT2D eigenvalue weighted by Crippen LogP contribution is 2.35. The molecule has 4 unspecified atom stereocenters. The van der Waals surface area contributed by atoms with E-state index in [1.807, 2.05) is 0 Å². The van der Waals surface area contributed by atoms with Crippen LogP contribution in [0.25, 0.3) is 0 Å². The lowest BCUT2D eigenvalue weighted by molar-refractivity contribution is -0.0644. The van der Waals surface area contributed by atoms with E-state index in [2.05, 4.69) is 27.7 Å². The topological polar surface area (TPSA) is 35.2 Å². The number of nitrogens with two attached hydrogens (primary N) is 1. The molecule has 0 aromatic heterocycles. The summed E-state index contributed by atoms with van der Waals surface area (Å²) in [5, 5.41) is 0. The molecule has 0 spiro atoms. The van der Waals surface area contributed by atoms with Crippen LogP contribution in [0, 0.1) is 11.8 Å². The molecule has 0 amide bonds. The Balaban J connectivity index is 2.62. The summed E-state index contributed by atoms with van der Waals surface area (Å²) in [5.74, 6) is 1.49. The third-order valence-corrected chi connectivity index (χ3v) is 4.37. The smallest absolute Gasteiger partial charge is 0.0804 e. The Bertz CT molecular complexity index is 207. The first-order valence-electron chi connectivity index (χ1n) is 6.93. The molecule has 1 fully saturated rings. The van der Waals surface area contributed by atoms with Crippen LogP contribution in [-0.2, 0) is 4.74 Å². The maximum absolute atomic E-state index is 6.46. The third kappa shape index (κ3) is 3.21. The van der Waals surface area contributed by atoms with E-state index < -0.39 is 0 Å². The minimum absolute atomic E-state index is 0.128. The molecule has 0 aromatic rings. The largest absolute Gasteiger partial charge is 0.374 e. The molecule has 0 heterocycles. The molecular weight excluding hydrogens is 198 g/mol. The van der Waals surface area contributed by atoms with Gasteiger partial charge < -0.3 is 10.5 Å². The highest BCUT2D eigenvalue weighted by atomic mass is 16.5. The van der Waals surface area contributed by atoms with Crippen molar-refractivity contribution in [2.24, 2.45) is 17.6 Å². The van der Waals surface area contributed by atoms with Gasteiger partial charge in [0, 0.05) is 12.6 Å². The molecule has 0 bridgehead atoms. The summed E-state index contributed by atoms with van der Waals surface area (Å²) in [6, 6.07) is 0.195. The van der Waals surface area contributed by atoms with Gasteiger partial charge in [0.15, 0.2) is 0 Å². The van der Waals surface area contributed by atoms with Crippen molar-refractivity contribution in [2.45, 2.75) is 71.4 Å². The highest BCUT2D eigenvalue weighted by Gasteiger charge is 2.37. The fourth-order valence-corrected chi connectivity index (χ4v) is 3.07. The zero-order chi connectivity index (χ0) is 12.2. The van der Waals surface area contributed by atoms with Crippen molar-refractivity contribution >= 4 is 0 Å². The summed E-state index contributed by atoms with van der Waals surface area (Å²) in [6.07, 6.45) is 6.29. The molecule has 96 valence electrons. The van der Waals surface area contributed by atoms with Crippen LogP contribution in [0.15, 0.2) is 0 Å². The van der Waals surface area contributed by atoms with E-state index in [-0.39, 0.29) is 11.6 Å². The normalized spacial score (nSPS) is 32.1. The van der Waals surface area contributed by atoms with Gasteiger partial charge in [0.2, 0.25) is 0 Å². The lowest BCUT2D eigenvalue weighted by Crippen LogP contribution is -2.52. The SMILES string of the molecule is CCOC(C)(CC)C(N)C1CCCC(C)C1. The molecule has 2 N–H and O–H groups in total. The van der Waals surface area contributed by atoms with Crippen molar-refractivity contribution < 1.29 is 4.74 Å². The Morgan fingerprint density at radius 1 is 1.38 bits per heavy atom. The molecule has 0 radical (unpaired) electrons. The molecule has 2 heteroatoms. The maximum Gasteiger partial charge on any atom is 0.0804 e. The Hall–Kier alpha value is -0.0800. The first kappa shape index (κ1) is 14.0. The number of rotatable bonds is 5. The fraction of sp³-hybridized carbons (Fsp3) is 1.00. The van der Waals surface area contributed by atoms with Crippen LogP contribution in [0.3, 0.4) is 0 Å².